The van der Waals surface area contributed by atoms with Crippen molar-refractivity contribution in [2.75, 3.05) is 6.61 Å². The highest BCUT2D eigenvalue weighted by Crippen LogP contribution is 2.36. The van der Waals surface area contributed by atoms with Crippen LogP contribution in [0.4, 0.5) is 0 Å². The topological polar surface area (TPSA) is 64.3 Å². The molecule has 0 spiro atoms. The average Bonchev–Trinajstić information content (AvgIpc) is 2.44. The predicted octanol–water partition coefficient (Wildman–Crippen LogP) is 1.61. The van der Waals surface area contributed by atoms with E-state index in [4.69, 9.17) is 10.5 Å². The number of benzene rings is 1. The first-order valence-electron chi connectivity index (χ1n) is 7.06. The highest BCUT2D eigenvalue weighted by Gasteiger charge is 2.50. The molecule has 4 atom stereocenters. The van der Waals surface area contributed by atoms with E-state index in [1.165, 1.54) is 0 Å². The Morgan fingerprint density at radius 1 is 1.50 bits per heavy atom. The smallest absolute Gasteiger partial charge is 0.224 e. The summed E-state index contributed by atoms with van der Waals surface area (Å²) in [6, 6.07) is 7.79. The second-order valence-electron chi connectivity index (χ2n) is 5.62. The normalized spacial score (nSPS) is 32.1. The van der Waals surface area contributed by atoms with Gasteiger partial charge in [-0.25, -0.2) is 0 Å². The number of hydrogen-bond acceptors (Lipinski definition) is 3. The second kappa shape index (κ2) is 5.84. The van der Waals surface area contributed by atoms with E-state index in [2.05, 4.69) is 21.2 Å². The molecule has 1 saturated carbocycles. The fourth-order valence-electron chi connectivity index (χ4n) is 3.20. The van der Waals surface area contributed by atoms with Crippen molar-refractivity contribution in [2.45, 2.75) is 37.5 Å². The van der Waals surface area contributed by atoms with Crippen molar-refractivity contribution in [3.63, 3.8) is 0 Å². The average molecular weight is 339 g/mol. The summed E-state index contributed by atoms with van der Waals surface area (Å²) in [5, 5.41) is 3.03. The van der Waals surface area contributed by atoms with Gasteiger partial charge in [-0.1, -0.05) is 28.1 Å². The Bertz CT molecular complexity index is 508. The van der Waals surface area contributed by atoms with E-state index in [0.29, 0.717) is 12.3 Å². The van der Waals surface area contributed by atoms with Gasteiger partial charge in [0, 0.05) is 23.0 Å². The summed E-state index contributed by atoms with van der Waals surface area (Å²) in [5.41, 5.74) is 7.13. The van der Waals surface area contributed by atoms with Crippen LogP contribution in [-0.4, -0.2) is 30.7 Å². The van der Waals surface area contributed by atoms with Crippen LogP contribution in [-0.2, 0) is 16.0 Å². The Morgan fingerprint density at radius 3 is 3.15 bits per heavy atom. The molecule has 4 unspecified atom stereocenters. The molecule has 20 heavy (non-hydrogen) atoms. The maximum atomic E-state index is 12.1. The summed E-state index contributed by atoms with van der Waals surface area (Å²) in [7, 11) is 0. The molecule has 2 aliphatic rings. The first kappa shape index (κ1) is 14.0. The number of amides is 1. The number of halogens is 1. The maximum Gasteiger partial charge on any atom is 0.224 e. The van der Waals surface area contributed by atoms with Crippen LogP contribution in [0.3, 0.4) is 0 Å². The second-order valence-corrected chi connectivity index (χ2v) is 6.53. The summed E-state index contributed by atoms with van der Waals surface area (Å²) >= 11 is 3.41. The van der Waals surface area contributed by atoms with Crippen molar-refractivity contribution in [3.05, 3.63) is 34.3 Å². The van der Waals surface area contributed by atoms with Gasteiger partial charge in [0.15, 0.2) is 0 Å². The van der Waals surface area contributed by atoms with Crippen molar-refractivity contribution >= 4 is 21.8 Å². The van der Waals surface area contributed by atoms with Crippen LogP contribution in [0.1, 0.15) is 18.4 Å². The number of nitrogens with one attached hydrogen (secondary N) is 1. The molecular weight excluding hydrogens is 320 g/mol. The van der Waals surface area contributed by atoms with E-state index < -0.39 is 0 Å². The Hall–Kier alpha value is -0.910. The van der Waals surface area contributed by atoms with Crippen LogP contribution in [0, 0.1) is 5.92 Å². The van der Waals surface area contributed by atoms with Crippen molar-refractivity contribution < 1.29 is 9.53 Å². The number of rotatable bonds is 3. The zero-order valence-electron chi connectivity index (χ0n) is 11.2. The van der Waals surface area contributed by atoms with Gasteiger partial charge in [0.1, 0.15) is 0 Å². The highest BCUT2D eigenvalue weighted by atomic mass is 79.9. The Morgan fingerprint density at radius 2 is 2.35 bits per heavy atom. The minimum Gasteiger partial charge on any atom is -0.376 e. The molecule has 1 heterocycles. The standard InChI is InChI=1S/C15H19BrN2O2/c16-10-4-1-3-9(7-10)8-12(19)18-14-13(17)11-5-2-6-20-15(11)14/h1,3-4,7,11,13-15H,2,5-6,8,17H2,(H,18,19). The van der Waals surface area contributed by atoms with Crippen LogP contribution in [0.25, 0.3) is 0 Å². The molecular formula is C15H19BrN2O2. The third-order valence-electron chi connectivity index (χ3n) is 4.26. The Balaban J connectivity index is 1.57. The molecule has 2 fully saturated rings. The fourth-order valence-corrected chi connectivity index (χ4v) is 3.64. The molecule has 1 aliphatic carbocycles. The van der Waals surface area contributed by atoms with E-state index >= 15 is 0 Å². The summed E-state index contributed by atoms with van der Waals surface area (Å²) in [4.78, 5) is 12.1. The van der Waals surface area contributed by atoms with Crippen LogP contribution >= 0.6 is 15.9 Å². The summed E-state index contributed by atoms with van der Waals surface area (Å²) < 4.78 is 6.71. The quantitative estimate of drug-likeness (QED) is 0.880. The minimum absolute atomic E-state index is 0.0103. The molecule has 0 aromatic heterocycles. The first-order chi connectivity index (χ1) is 9.65. The van der Waals surface area contributed by atoms with E-state index in [9.17, 15) is 4.79 Å². The third-order valence-corrected chi connectivity index (χ3v) is 4.75. The number of fused-ring (bicyclic) bond motifs is 1. The van der Waals surface area contributed by atoms with Gasteiger partial charge in [-0.05, 0) is 30.5 Å². The largest absolute Gasteiger partial charge is 0.376 e. The summed E-state index contributed by atoms with van der Waals surface area (Å²) in [5.74, 6) is 0.427. The zero-order chi connectivity index (χ0) is 14.1. The van der Waals surface area contributed by atoms with Crippen LogP contribution in [0.15, 0.2) is 28.7 Å². The van der Waals surface area contributed by atoms with Crippen molar-refractivity contribution in [3.8, 4) is 0 Å². The van der Waals surface area contributed by atoms with Crippen LogP contribution in [0.2, 0.25) is 0 Å². The van der Waals surface area contributed by atoms with Crippen molar-refractivity contribution in [2.24, 2.45) is 11.7 Å². The molecule has 0 bridgehead atoms. The monoisotopic (exact) mass is 338 g/mol. The molecule has 1 aromatic carbocycles. The van der Waals surface area contributed by atoms with Crippen LogP contribution in [0.5, 0.6) is 0 Å². The lowest BCUT2D eigenvalue weighted by Gasteiger charge is -2.52. The first-order valence-corrected chi connectivity index (χ1v) is 7.85. The van der Waals surface area contributed by atoms with E-state index in [1.807, 2.05) is 24.3 Å². The zero-order valence-corrected chi connectivity index (χ0v) is 12.8. The number of nitrogens with two attached hydrogens (primary N) is 1. The number of hydrogen-bond donors (Lipinski definition) is 2. The molecule has 3 rings (SSSR count). The third kappa shape index (κ3) is 2.75. The van der Waals surface area contributed by atoms with Crippen molar-refractivity contribution in [1.82, 2.24) is 5.32 Å². The molecule has 0 radical (unpaired) electrons. The number of carbonyl (C=O) groups is 1. The van der Waals surface area contributed by atoms with Gasteiger partial charge in [0.05, 0.1) is 18.6 Å². The van der Waals surface area contributed by atoms with Gasteiger partial charge >= 0.3 is 0 Å². The van der Waals surface area contributed by atoms with Gasteiger partial charge in [-0.15, -0.1) is 0 Å². The number of ether oxygens (including phenoxy) is 1. The summed E-state index contributed by atoms with van der Waals surface area (Å²) in [6.45, 7) is 0.784. The molecule has 1 amide bonds. The Labute approximate surface area is 127 Å². The molecule has 3 N–H and O–H groups in total. The highest BCUT2D eigenvalue weighted by molar-refractivity contribution is 9.10. The summed E-state index contributed by atoms with van der Waals surface area (Å²) in [6.07, 6.45) is 2.68. The van der Waals surface area contributed by atoms with Gasteiger partial charge in [0.25, 0.3) is 0 Å². The predicted molar refractivity (Wildman–Crippen MR) is 80.2 cm³/mol. The molecule has 4 nitrogen and oxygen atoms in total. The number of carbonyl (C=O) groups excluding carboxylic acids is 1. The molecule has 1 aliphatic heterocycles. The van der Waals surface area contributed by atoms with Gasteiger partial charge in [-0.2, -0.15) is 0 Å². The lowest BCUT2D eigenvalue weighted by Crippen LogP contribution is -2.72. The molecule has 108 valence electrons. The van der Waals surface area contributed by atoms with Gasteiger partial charge in [-0.3, -0.25) is 4.79 Å². The Kier molecular flexibility index (Phi) is 4.10. The lowest BCUT2D eigenvalue weighted by atomic mass is 9.68. The minimum atomic E-state index is -0.0278. The molecule has 5 heteroatoms. The van der Waals surface area contributed by atoms with E-state index in [0.717, 1.165) is 29.5 Å². The SMILES string of the molecule is NC1C2CCCOC2C1NC(=O)Cc1cccc(Br)c1. The molecule has 1 aromatic rings. The lowest BCUT2D eigenvalue weighted by molar-refractivity contribution is -0.138. The van der Waals surface area contributed by atoms with Crippen molar-refractivity contribution in [1.29, 1.82) is 0 Å². The fraction of sp³-hybridized carbons (Fsp3) is 0.533. The molecule has 1 saturated heterocycles. The van der Waals surface area contributed by atoms with E-state index in [1.54, 1.807) is 0 Å². The van der Waals surface area contributed by atoms with Crippen LogP contribution < -0.4 is 11.1 Å². The van der Waals surface area contributed by atoms with E-state index in [-0.39, 0.29) is 24.1 Å². The maximum absolute atomic E-state index is 12.1. The van der Waals surface area contributed by atoms with Gasteiger partial charge < -0.3 is 15.8 Å². The van der Waals surface area contributed by atoms with Gasteiger partial charge in [0.2, 0.25) is 5.91 Å².